The molecule has 4 aliphatic carbocycles. The average molecular weight is 339 g/mol. The normalized spacial score (nSPS) is 52.2. The minimum atomic E-state index is 0.344. The molecule has 0 saturated heterocycles. The van der Waals surface area contributed by atoms with E-state index in [0.717, 1.165) is 17.8 Å². The molecule has 1 aromatic heterocycles. The first kappa shape index (κ1) is 15.3. The molecule has 1 nitrogen and oxygen atoms in total. The van der Waals surface area contributed by atoms with Crippen LogP contribution in [0.15, 0.2) is 16.5 Å². The molecule has 0 radical (unpaired) electrons. The number of furan rings is 1. The van der Waals surface area contributed by atoms with Crippen LogP contribution in [0.4, 0.5) is 0 Å². The summed E-state index contributed by atoms with van der Waals surface area (Å²) in [4.78, 5) is 0. The lowest BCUT2D eigenvalue weighted by Gasteiger charge is -2.57. The Morgan fingerprint density at radius 3 is 2.52 bits per heavy atom. The second-order valence-corrected chi connectivity index (χ2v) is 11.4. The van der Waals surface area contributed by atoms with E-state index in [-0.39, 0.29) is 0 Å². The highest BCUT2D eigenvalue weighted by Gasteiger charge is 2.71. The lowest BCUT2D eigenvalue weighted by Crippen LogP contribution is -2.53. The van der Waals surface area contributed by atoms with Crippen molar-refractivity contribution in [2.45, 2.75) is 90.4 Å². The van der Waals surface area contributed by atoms with Crippen LogP contribution in [0, 0.1) is 34.0 Å². The Kier molecular flexibility index (Phi) is 2.70. The predicted molar refractivity (Wildman–Crippen MR) is 100 cm³/mol. The van der Waals surface area contributed by atoms with E-state index < -0.39 is 0 Å². The summed E-state index contributed by atoms with van der Waals surface area (Å²) >= 11 is 0. The Hall–Kier alpha value is -0.720. The van der Waals surface area contributed by atoms with Crippen molar-refractivity contribution in [3.8, 4) is 0 Å². The molecule has 6 rings (SSSR count). The van der Waals surface area contributed by atoms with Crippen LogP contribution in [-0.2, 0) is 11.8 Å². The quantitative estimate of drug-likeness (QED) is 0.569. The minimum Gasteiger partial charge on any atom is -0.465 e. The first-order valence-corrected chi connectivity index (χ1v) is 11.0. The van der Waals surface area contributed by atoms with Crippen LogP contribution in [0.2, 0.25) is 0 Å². The third kappa shape index (κ3) is 1.52. The smallest absolute Gasteiger partial charge is 0.111 e. The molecule has 4 fully saturated rings. The average Bonchev–Trinajstić information content (AvgIpc) is 3.36. The zero-order valence-electron chi connectivity index (χ0n) is 16.4. The molecule has 5 aliphatic rings. The van der Waals surface area contributed by atoms with Gasteiger partial charge in [0.25, 0.3) is 0 Å². The molecule has 2 heterocycles. The van der Waals surface area contributed by atoms with Gasteiger partial charge in [-0.15, -0.1) is 0 Å². The molecule has 1 aliphatic heterocycles. The van der Waals surface area contributed by atoms with Gasteiger partial charge in [0.2, 0.25) is 0 Å². The lowest BCUT2D eigenvalue weighted by atomic mass is 9.46. The molecule has 4 bridgehead atoms. The van der Waals surface area contributed by atoms with Gasteiger partial charge in [0.05, 0.1) is 0 Å². The Balaban J connectivity index is 1.49. The Morgan fingerprint density at radius 1 is 1.00 bits per heavy atom. The molecule has 25 heavy (non-hydrogen) atoms. The SMILES string of the molecule is CC1(C)CCC([C@@]2(C)CCCC23Cc2ccc3o2)C12CC1CCC2C1. The molecular weight excluding hydrogens is 304 g/mol. The topological polar surface area (TPSA) is 13.1 Å². The molecule has 5 unspecified atom stereocenters. The summed E-state index contributed by atoms with van der Waals surface area (Å²) in [6.07, 6.45) is 14.5. The van der Waals surface area contributed by atoms with E-state index in [0.29, 0.717) is 21.7 Å². The van der Waals surface area contributed by atoms with Gasteiger partial charge in [-0.1, -0.05) is 33.6 Å². The highest BCUT2D eigenvalue weighted by Crippen LogP contribution is 2.78. The lowest BCUT2D eigenvalue weighted by molar-refractivity contribution is -0.0751. The van der Waals surface area contributed by atoms with Crippen molar-refractivity contribution in [1.82, 2.24) is 0 Å². The van der Waals surface area contributed by atoms with Gasteiger partial charge >= 0.3 is 0 Å². The highest BCUT2D eigenvalue weighted by molar-refractivity contribution is 5.34. The minimum absolute atomic E-state index is 0.344. The van der Waals surface area contributed by atoms with Crippen molar-refractivity contribution < 1.29 is 4.42 Å². The van der Waals surface area contributed by atoms with E-state index in [1.165, 1.54) is 62.9 Å². The van der Waals surface area contributed by atoms with Gasteiger partial charge in [-0.25, -0.2) is 0 Å². The van der Waals surface area contributed by atoms with Gasteiger partial charge in [0.1, 0.15) is 11.5 Å². The summed E-state index contributed by atoms with van der Waals surface area (Å²) in [7, 11) is 0. The first-order valence-electron chi connectivity index (χ1n) is 11.0. The summed E-state index contributed by atoms with van der Waals surface area (Å²) in [6, 6.07) is 4.57. The van der Waals surface area contributed by atoms with E-state index in [4.69, 9.17) is 4.42 Å². The van der Waals surface area contributed by atoms with Crippen LogP contribution >= 0.6 is 0 Å². The third-order valence-corrected chi connectivity index (χ3v) is 10.6. The summed E-state index contributed by atoms with van der Waals surface area (Å²) in [6.45, 7) is 7.97. The van der Waals surface area contributed by atoms with Gasteiger partial charge < -0.3 is 4.42 Å². The van der Waals surface area contributed by atoms with E-state index in [1.54, 1.807) is 12.8 Å². The maximum Gasteiger partial charge on any atom is 0.111 e. The molecule has 0 amide bonds. The summed E-state index contributed by atoms with van der Waals surface area (Å²) in [5, 5.41) is 0. The molecule has 0 N–H and O–H groups in total. The zero-order valence-corrected chi connectivity index (χ0v) is 16.4. The van der Waals surface area contributed by atoms with Crippen molar-refractivity contribution in [1.29, 1.82) is 0 Å². The molecule has 1 heteroatoms. The monoisotopic (exact) mass is 338 g/mol. The summed E-state index contributed by atoms with van der Waals surface area (Å²) in [5.41, 5.74) is 1.96. The standard InChI is InChI=1S/C24H34O/c1-21(2)12-9-19(24(21)14-16-5-6-17(24)13-16)22(3)10-4-11-23(22)15-18-7-8-20(23)25-18/h7-8,16-17,19H,4-6,9-15H2,1-3H3/t16?,17?,19?,22-,23?,24?/m1/s1. The van der Waals surface area contributed by atoms with Crippen LogP contribution in [0.3, 0.4) is 0 Å². The van der Waals surface area contributed by atoms with Crippen molar-refractivity contribution in [2.24, 2.45) is 34.0 Å². The molecule has 2 spiro atoms. The maximum atomic E-state index is 6.25. The second kappa shape index (κ2) is 4.39. The molecule has 136 valence electrons. The van der Waals surface area contributed by atoms with Crippen molar-refractivity contribution in [2.75, 3.05) is 0 Å². The molecule has 4 saturated carbocycles. The summed E-state index contributed by atoms with van der Waals surface area (Å²) in [5.74, 6) is 5.59. The number of fused-ring (bicyclic) bond motifs is 6. The summed E-state index contributed by atoms with van der Waals surface area (Å²) < 4.78 is 6.25. The Labute approximate surface area is 152 Å². The van der Waals surface area contributed by atoms with Gasteiger partial charge in [-0.3, -0.25) is 0 Å². The molecule has 6 atom stereocenters. The Bertz CT molecular complexity index is 728. The van der Waals surface area contributed by atoms with Crippen LogP contribution in [-0.4, -0.2) is 0 Å². The van der Waals surface area contributed by atoms with E-state index in [9.17, 15) is 0 Å². The highest BCUT2D eigenvalue weighted by atomic mass is 16.3. The largest absolute Gasteiger partial charge is 0.465 e. The second-order valence-electron chi connectivity index (χ2n) is 11.4. The zero-order chi connectivity index (χ0) is 17.1. The fourth-order valence-corrected chi connectivity index (χ4v) is 9.58. The van der Waals surface area contributed by atoms with E-state index >= 15 is 0 Å². The van der Waals surface area contributed by atoms with Crippen LogP contribution in [0.1, 0.15) is 90.1 Å². The van der Waals surface area contributed by atoms with Gasteiger partial charge in [-0.2, -0.15) is 0 Å². The number of rotatable bonds is 1. The Morgan fingerprint density at radius 2 is 1.88 bits per heavy atom. The van der Waals surface area contributed by atoms with Gasteiger partial charge in [0, 0.05) is 11.8 Å². The fourth-order valence-electron chi connectivity index (χ4n) is 9.58. The number of hydrogen-bond donors (Lipinski definition) is 0. The maximum absolute atomic E-state index is 6.25. The van der Waals surface area contributed by atoms with Crippen LogP contribution < -0.4 is 0 Å². The predicted octanol–water partition coefficient (Wildman–Crippen LogP) is 6.51. The van der Waals surface area contributed by atoms with E-state index in [1.807, 2.05) is 0 Å². The van der Waals surface area contributed by atoms with Crippen molar-refractivity contribution in [3.05, 3.63) is 23.7 Å². The van der Waals surface area contributed by atoms with Crippen molar-refractivity contribution in [3.63, 3.8) is 0 Å². The van der Waals surface area contributed by atoms with Crippen molar-refractivity contribution >= 4 is 0 Å². The molecule has 1 aromatic rings. The fraction of sp³-hybridized carbons (Fsp3) is 0.833. The molecule has 0 aromatic carbocycles. The van der Waals surface area contributed by atoms with Crippen LogP contribution in [0.25, 0.3) is 0 Å². The number of hydrogen-bond acceptors (Lipinski definition) is 1. The van der Waals surface area contributed by atoms with Crippen LogP contribution in [0.5, 0.6) is 0 Å². The first-order chi connectivity index (χ1) is 11.9. The third-order valence-electron chi connectivity index (χ3n) is 10.6. The van der Waals surface area contributed by atoms with E-state index in [2.05, 4.69) is 32.9 Å². The van der Waals surface area contributed by atoms with Gasteiger partial charge in [0.15, 0.2) is 0 Å². The molecular formula is C24H34O. The van der Waals surface area contributed by atoms with Gasteiger partial charge in [-0.05, 0) is 91.1 Å².